The van der Waals surface area contributed by atoms with E-state index in [9.17, 15) is 9.59 Å². The van der Waals surface area contributed by atoms with E-state index in [1.807, 2.05) is 0 Å². The van der Waals surface area contributed by atoms with Crippen LogP contribution in [0.3, 0.4) is 0 Å². The maximum atomic E-state index is 11.3. The third-order valence-corrected chi connectivity index (χ3v) is 2.20. The van der Waals surface area contributed by atoms with Gasteiger partial charge < -0.3 is 0 Å². The Bertz CT molecular complexity index is 439. The molecule has 1 aliphatic rings. The van der Waals surface area contributed by atoms with E-state index < -0.39 is 0 Å². The molecular formula is C12H9NO2. The Morgan fingerprint density at radius 2 is 1.53 bits per heavy atom. The second-order valence-electron chi connectivity index (χ2n) is 3.14. The molecule has 0 atom stereocenters. The summed E-state index contributed by atoms with van der Waals surface area (Å²) in [6, 6.07) is 7.06. The first kappa shape index (κ1) is 9.40. The molecule has 1 heterocycles. The molecule has 2 amide bonds. The number of hydrogen-bond acceptors (Lipinski definition) is 2. The van der Waals surface area contributed by atoms with Gasteiger partial charge in [0.25, 0.3) is 11.8 Å². The lowest BCUT2D eigenvalue weighted by Crippen LogP contribution is -2.29. The van der Waals surface area contributed by atoms with E-state index in [4.69, 9.17) is 0 Å². The van der Waals surface area contributed by atoms with Crippen molar-refractivity contribution in [2.75, 3.05) is 4.90 Å². The summed E-state index contributed by atoms with van der Waals surface area (Å²) >= 11 is 0. The first-order valence-corrected chi connectivity index (χ1v) is 4.51. The van der Waals surface area contributed by atoms with Crippen LogP contribution in [0.1, 0.15) is 5.56 Å². The van der Waals surface area contributed by atoms with Crippen molar-refractivity contribution in [3.63, 3.8) is 0 Å². The molecule has 0 saturated heterocycles. The van der Waals surface area contributed by atoms with Gasteiger partial charge in [0.1, 0.15) is 0 Å². The molecule has 1 aromatic rings. The van der Waals surface area contributed by atoms with Gasteiger partial charge in [0.15, 0.2) is 0 Å². The van der Waals surface area contributed by atoms with Gasteiger partial charge in [-0.05, 0) is 17.7 Å². The van der Waals surface area contributed by atoms with Crippen molar-refractivity contribution in [3.8, 4) is 0 Å². The van der Waals surface area contributed by atoms with Crippen LogP contribution in [0.2, 0.25) is 0 Å². The van der Waals surface area contributed by atoms with Crippen LogP contribution in [0.4, 0.5) is 5.69 Å². The van der Waals surface area contributed by atoms with Gasteiger partial charge in [-0.15, -0.1) is 0 Å². The summed E-state index contributed by atoms with van der Waals surface area (Å²) in [5.41, 5.74) is 1.53. The monoisotopic (exact) mass is 199 g/mol. The Labute approximate surface area is 87.3 Å². The summed E-state index contributed by atoms with van der Waals surface area (Å²) in [6.07, 6.45) is 4.24. The fraction of sp³-hybridized carbons (Fsp3) is 0. The van der Waals surface area contributed by atoms with Crippen molar-refractivity contribution in [1.29, 1.82) is 0 Å². The summed E-state index contributed by atoms with van der Waals surface area (Å²) in [6.45, 7) is 3.63. The third kappa shape index (κ3) is 1.59. The Kier molecular flexibility index (Phi) is 2.21. The lowest BCUT2D eigenvalue weighted by atomic mass is 10.2. The Hall–Kier alpha value is -2.16. The molecule has 0 radical (unpaired) electrons. The molecule has 0 N–H and O–H groups in total. The Balaban J connectivity index is 2.34. The number of nitrogens with zero attached hydrogens (tertiary/aromatic N) is 1. The molecule has 3 heteroatoms. The lowest BCUT2D eigenvalue weighted by molar-refractivity contribution is -0.119. The van der Waals surface area contributed by atoms with Gasteiger partial charge in [-0.25, -0.2) is 4.90 Å². The molecule has 0 spiro atoms. The topological polar surface area (TPSA) is 37.4 Å². The number of rotatable bonds is 2. The average Bonchev–Trinajstić information content (AvgIpc) is 2.59. The van der Waals surface area contributed by atoms with Crippen LogP contribution in [-0.4, -0.2) is 11.8 Å². The second kappa shape index (κ2) is 3.53. The highest BCUT2D eigenvalue weighted by molar-refractivity contribution is 6.28. The van der Waals surface area contributed by atoms with Crippen molar-refractivity contribution in [2.24, 2.45) is 0 Å². The molecular weight excluding hydrogens is 190 g/mol. The minimum Gasteiger partial charge on any atom is -0.269 e. The van der Waals surface area contributed by atoms with Crippen molar-refractivity contribution in [3.05, 3.63) is 48.6 Å². The van der Waals surface area contributed by atoms with Crippen LogP contribution in [0, 0.1) is 0 Å². The van der Waals surface area contributed by atoms with Gasteiger partial charge >= 0.3 is 0 Å². The summed E-state index contributed by atoms with van der Waals surface area (Å²) in [5.74, 6) is -0.599. The van der Waals surface area contributed by atoms with Gasteiger partial charge in [-0.3, -0.25) is 9.59 Å². The molecule has 0 fully saturated rings. The van der Waals surface area contributed by atoms with E-state index in [1.54, 1.807) is 30.3 Å². The number of anilines is 1. The molecule has 3 nitrogen and oxygen atoms in total. The third-order valence-electron chi connectivity index (χ3n) is 2.20. The molecule has 1 aromatic carbocycles. The molecule has 1 aliphatic heterocycles. The molecule has 74 valence electrons. The lowest BCUT2D eigenvalue weighted by Gasteiger charge is -2.13. The van der Waals surface area contributed by atoms with Crippen LogP contribution in [-0.2, 0) is 9.59 Å². The zero-order valence-corrected chi connectivity index (χ0v) is 8.01. The van der Waals surface area contributed by atoms with E-state index in [1.165, 1.54) is 12.2 Å². The zero-order chi connectivity index (χ0) is 10.8. The van der Waals surface area contributed by atoms with Gasteiger partial charge in [0, 0.05) is 12.2 Å². The second-order valence-corrected chi connectivity index (χ2v) is 3.14. The average molecular weight is 199 g/mol. The number of hydrogen-bond donors (Lipinski definition) is 0. The SMILES string of the molecule is C=Cc1ccc(N2C(=O)C=CC2=O)cc1. The number of carbonyl (C=O) groups is 2. The zero-order valence-electron chi connectivity index (χ0n) is 8.01. The van der Waals surface area contributed by atoms with Crippen molar-refractivity contribution in [2.45, 2.75) is 0 Å². The molecule has 0 aliphatic carbocycles. The molecule has 0 unspecified atom stereocenters. The summed E-state index contributed by atoms with van der Waals surface area (Å²) in [5, 5.41) is 0. The van der Waals surface area contributed by atoms with Crippen molar-refractivity contribution < 1.29 is 9.59 Å². The van der Waals surface area contributed by atoms with E-state index in [0.29, 0.717) is 5.69 Å². The normalized spacial score (nSPS) is 14.8. The number of carbonyl (C=O) groups excluding carboxylic acids is 2. The largest absolute Gasteiger partial charge is 0.269 e. The molecule has 2 rings (SSSR count). The first-order valence-electron chi connectivity index (χ1n) is 4.51. The highest BCUT2D eigenvalue weighted by atomic mass is 16.2. The predicted octanol–water partition coefficient (Wildman–Crippen LogP) is 1.76. The Morgan fingerprint density at radius 1 is 1.00 bits per heavy atom. The van der Waals surface area contributed by atoms with Crippen molar-refractivity contribution in [1.82, 2.24) is 0 Å². The fourth-order valence-electron chi connectivity index (χ4n) is 1.41. The van der Waals surface area contributed by atoms with E-state index in [2.05, 4.69) is 6.58 Å². The van der Waals surface area contributed by atoms with Gasteiger partial charge in [-0.2, -0.15) is 0 Å². The number of benzene rings is 1. The maximum absolute atomic E-state index is 11.3. The van der Waals surface area contributed by atoms with E-state index in [0.717, 1.165) is 10.5 Å². The smallest absolute Gasteiger partial charge is 0.258 e. The van der Waals surface area contributed by atoms with Crippen molar-refractivity contribution >= 4 is 23.6 Å². The van der Waals surface area contributed by atoms with Crippen LogP contribution in [0.5, 0.6) is 0 Å². The van der Waals surface area contributed by atoms with Gasteiger partial charge in [-0.1, -0.05) is 24.8 Å². The minimum atomic E-state index is -0.300. The molecule has 0 saturated carbocycles. The molecule has 0 aromatic heterocycles. The number of amides is 2. The van der Waals surface area contributed by atoms with Crippen LogP contribution in [0.25, 0.3) is 6.08 Å². The Morgan fingerprint density at radius 3 is 2.00 bits per heavy atom. The highest BCUT2D eigenvalue weighted by Crippen LogP contribution is 2.19. The minimum absolute atomic E-state index is 0.300. The fourth-order valence-corrected chi connectivity index (χ4v) is 1.41. The standard InChI is InChI=1S/C12H9NO2/c1-2-9-3-5-10(6-4-9)13-11(14)7-8-12(13)15/h2-8H,1H2. The van der Waals surface area contributed by atoms with E-state index in [-0.39, 0.29) is 11.8 Å². The van der Waals surface area contributed by atoms with Gasteiger partial charge in [0.05, 0.1) is 5.69 Å². The summed E-state index contributed by atoms with van der Waals surface area (Å²) in [7, 11) is 0. The van der Waals surface area contributed by atoms with Crippen LogP contribution in [0.15, 0.2) is 43.0 Å². The predicted molar refractivity (Wildman–Crippen MR) is 58.2 cm³/mol. The first-order chi connectivity index (χ1) is 7.22. The van der Waals surface area contributed by atoms with Crippen LogP contribution >= 0.6 is 0 Å². The molecule has 0 bridgehead atoms. The van der Waals surface area contributed by atoms with Gasteiger partial charge in [0.2, 0.25) is 0 Å². The summed E-state index contributed by atoms with van der Waals surface area (Å²) in [4.78, 5) is 23.8. The summed E-state index contributed by atoms with van der Waals surface area (Å²) < 4.78 is 0. The van der Waals surface area contributed by atoms with E-state index >= 15 is 0 Å². The highest BCUT2D eigenvalue weighted by Gasteiger charge is 2.24. The number of imide groups is 1. The van der Waals surface area contributed by atoms with Crippen LogP contribution < -0.4 is 4.90 Å². The maximum Gasteiger partial charge on any atom is 0.258 e. The molecule has 15 heavy (non-hydrogen) atoms. The quantitative estimate of drug-likeness (QED) is 0.680.